The van der Waals surface area contributed by atoms with E-state index in [1.807, 2.05) is 25.1 Å². The van der Waals surface area contributed by atoms with Crippen LogP contribution in [0.15, 0.2) is 30.6 Å². The van der Waals surface area contributed by atoms with E-state index in [1.54, 1.807) is 31.4 Å². The Morgan fingerprint density at radius 3 is 2.47 bits per heavy atom. The van der Waals surface area contributed by atoms with Crippen molar-refractivity contribution in [1.82, 2.24) is 19.9 Å². The Kier molecular flexibility index (Phi) is 2.91. The van der Waals surface area contributed by atoms with Crippen molar-refractivity contribution in [1.29, 1.82) is 0 Å². The van der Waals surface area contributed by atoms with Gasteiger partial charge in [-0.25, -0.2) is 0 Å². The van der Waals surface area contributed by atoms with Gasteiger partial charge in [0.15, 0.2) is 0 Å². The Morgan fingerprint density at radius 2 is 1.88 bits per heavy atom. The number of hydrogen-bond acceptors (Lipinski definition) is 3. The van der Waals surface area contributed by atoms with Crippen molar-refractivity contribution in [2.24, 2.45) is 0 Å². The highest BCUT2D eigenvalue weighted by Crippen LogP contribution is 2.16. The normalized spacial score (nSPS) is 10.3. The molecule has 0 unspecified atom stereocenters. The largest absolute Gasteiger partial charge is 0.345 e. The molecule has 0 aliphatic carbocycles. The molecule has 5 heteroatoms. The van der Waals surface area contributed by atoms with Gasteiger partial charge in [0.1, 0.15) is 0 Å². The van der Waals surface area contributed by atoms with Crippen LogP contribution in [-0.4, -0.2) is 39.9 Å². The average Bonchev–Trinajstić information content (AvgIpc) is 2.81. The number of nitrogens with zero attached hydrogens (tertiary/aromatic N) is 4. The number of aryl methyl sites for hydroxylation is 1. The quantitative estimate of drug-likeness (QED) is 0.780. The molecule has 0 saturated carbocycles. The van der Waals surface area contributed by atoms with Crippen LogP contribution in [0.25, 0.3) is 5.69 Å². The van der Waals surface area contributed by atoms with E-state index in [4.69, 9.17) is 0 Å². The third kappa shape index (κ3) is 2.18. The van der Waals surface area contributed by atoms with Crippen LogP contribution in [0, 0.1) is 6.92 Å². The van der Waals surface area contributed by atoms with Crippen molar-refractivity contribution in [3.8, 4) is 5.69 Å². The number of hydrogen-bond donors (Lipinski definition) is 0. The van der Waals surface area contributed by atoms with E-state index in [2.05, 4.69) is 10.2 Å². The van der Waals surface area contributed by atoms with Gasteiger partial charge < -0.3 is 4.90 Å². The molecule has 0 N–H and O–H groups in total. The maximum absolute atomic E-state index is 12.1. The number of rotatable bonds is 2. The molecule has 2 rings (SSSR count). The van der Waals surface area contributed by atoms with Gasteiger partial charge in [-0.05, 0) is 19.1 Å². The minimum absolute atomic E-state index is 0.0546. The van der Waals surface area contributed by atoms with Crippen LogP contribution in [-0.2, 0) is 0 Å². The summed E-state index contributed by atoms with van der Waals surface area (Å²) in [5.74, 6) is -0.0546. The number of carbonyl (C=O) groups excluding carboxylic acids is 1. The summed E-state index contributed by atoms with van der Waals surface area (Å²) in [4.78, 5) is 15.1. The number of aromatic nitrogens is 3. The molecule has 1 aromatic carbocycles. The summed E-state index contributed by atoms with van der Waals surface area (Å²) in [7, 11) is 3.45. The average molecular weight is 230 g/mol. The summed E-state index contributed by atoms with van der Waals surface area (Å²) in [6, 6.07) is 5.64. The lowest BCUT2D eigenvalue weighted by Crippen LogP contribution is -2.23. The predicted molar refractivity (Wildman–Crippen MR) is 64.1 cm³/mol. The molecule has 1 amide bonds. The molecule has 1 heterocycles. The van der Waals surface area contributed by atoms with Crippen LogP contribution in [0.3, 0.4) is 0 Å². The molecular formula is C12H14N4O. The Bertz CT molecular complexity index is 531. The highest BCUT2D eigenvalue weighted by molar-refractivity contribution is 5.97. The molecule has 88 valence electrons. The van der Waals surface area contributed by atoms with E-state index in [-0.39, 0.29) is 5.91 Å². The molecule has 0 radical (unpaired) electrons. The van der Waals surface area contributed by atoms with Gasteiger partial charge in [-0.3, -0.25) is 4.79 Å². The third-order valence-corrected chi connectivity index (χ3v) is 2.42. The fourth-order valence-corrected chi connectivity index (χ4v) is 1.58. The second-order valence-corrected chi connectivity index (χ2v) is 4.04. The summed E-state index contributed by atoms with van der Waals surface area (Å²) in [6.45, 7) is 1.95. The molecule has 2 aromatic rings. The molecule has 0 saturated heterocycles. The van der Waals surface area contributed by atoms with E-state index in [9.17, 15) is 4.79 Å². The lowest BCUT2D eigenvalue weighted by atomic mass is 10.1. The Labute approximate surface area is 99.7 Å². The summed E-state index contributed by atoms with van der Waals surface area (Å²) in [6.07, 6.45) is 3.17. The first-order chi connectivity index (χ1) is 8.09. The number of benzene rings is 1. The van der Waals surface area contributed by atoms with Gasteiger partial charge in [-0.2, -0.15) is 15.0 Å². The summed E-state index contributed by atoms with van der Waals surface area (Å²) in [5, 5.41) is 8.11. The zero-order chi connectivity index (χ0) is 12.4. The molecule has 0 aliphatic rings. The minimum atomic E-state index is -0.0546. The van der Waals surface area contributed by atoms with Crippen LogP contribution >= 0.6 is 0 Å². The fraction of sp³-hybridized carbons (Fsp3) is 0.250. The first-order valence-electron chi connectivity index (χ1n) is 5.28. The molecular weight excluding hydrogens is 216 g/mol. The zero-order valence-corrected chi connectivity index (χ0v) is 10.1. The molecule has 1 aromatic heterocycles. The van der Waals surface area contributed by atoms with Crippen molar-refractivity contribution in [2.75, 3.05) is 14.1 Å². The topological polar surface area (TPSA) is 51.0 Å². The van der Waals surface area contributed by atoms with Crippen LogP contribution in [0.5, 0.6) is 0 Å². The molecule has 0 atom stereocenters. The Balaban J connectivity index is 2.56. The first-order valence-corrected chi connectivity index (χ1v) is 5.28. The van der Waals surface area contributed by atoms with Gasteiger partial charge in [0.25, 0.3) is 5.91 Å². The van der Waals surface area contributed by atoms with Gasteiger partial charge in [0.2, 0.25) is 0 Å². The van der Waals surface area contributed by atoms with Gasteiger partial charge in [-0.1, -0.05) is 11.6 Å². The Hall–Kier alpha value is -2.17. The lowest BCUT2D eigenvalue weighted by Gasteiger charge is -2.14. The highest BCUT2D eigenvalue weighted by atomic mass is 16.2. The van der Waals surface area contributed by atoms with E-state index in [1.165, 1.54) is 4.80 Å². The van der Waals surface area contributed by atoms with Crippen molar-refractivity contribution in [2.45, 2.75) is 6.92 Å². The van der Waals surface area contributed by atoms with Crippen molar-refractivity contribution < 1.29 is 4.79 Å². The van der Waals surface area contributed by atoms with Gasteiger partial charge in [-0.15, -0.1) is 0 Å². The van der Waals surface area contributed by atoms with E-state index >= 15 is 0 Å². The van der Waals surface area contributed by atoms with E-state index in [0.29, 0.717) is 11.3 Å². The van der Waals surface area contributed by atoms with Gasteiger partial charge >= 0.3 is 0 Å². The molecule has 0 bridgehead atoms. The van der Waals surface area contributed by atoms with Crippen LogP contribution < -0.4 is 0 Å². The monoisotopic (exact) mass is 230 g/mol. The van der Waals surface area contributed by atoms with Gasteiger partial charge in [0.05, 0.1) is 23.6 Å². The second kappa shape index (κ2) is 4.37. The van der Waals surface area contributed by atoms with E-state index in [0.717, 1.165) is 5.56 Å². The first kappa shape index (κ1) is 11.3. The lowest BCUT2D eigenvalue weighted by molar-refractivity contribution is 0.0827. The van der Waals surface area contributed by atoms with Gasteiger partial charge in [0, 0.05) is 14.1 Å². The maximum atomic E-state index is 12.1. The smallest absolute Gasteiger partial charge is 0.255 e. The van der Waals surface area contributed by atoms with E-state index < -0.39 is 0 Å². The number of carbonyl (C=O) groups is 1. The summed E-state index contributed by atoms with van der Waals surface area (Å²) >= 11 is 0. The summed E-state index contributed by atoms with van der Waals surface area (Å²) < 4.78 is 0. The molecule has 17 heavy (non-hydrogen) atoms. The Morgan fingerprint density at radius 1 is 1.24 bits per heavy atom. The third-order valence-electron chi connectivity index (χ3n) is 2.42. The van der Waals surface area contributed by atoms with Crippen LogP contribution in [0.4, 0.5) is 0 Å². The van der Waals surface area contributed by atoms with Crippen LogP contribution in [0.1, 0.15) is 15.9 Å². The SMILES string of the molecule is Cc1ccc(-n2nccn2)c(C(=O)N(C)C)c1. The zero-order valence-electron chi connectivity index (χ0n) is 10.1. The molecule has 0 spiro atoms. The highest BCUT2D eigenvalue weighted by Gasteiger charge is 2.15. The number of amides is 1. The maximum Gasteiger partial charge on any atom is 0.255 e. The second-order valence-electron chi connectivity index (χ2n) is 4.04. The van der Waals surface area contributed by atoms with Crippen LogP contribution in [0.2, 0.25) is 0 Å². The predicted octanol–water partition coefficient (Wildman–Crippen LogP) is 1.28. The standard InChI is InChI=1S/C12H14N4O/c1-9-4-5-11(16-13-6-7-14-16)10(8-9)12(17)15(2)3/h4-8H,1-3H3. The van der Waals surface area contributed by atoms with Crippen molar-refractivity contribution in [3.05, 3.63) is 41.7 Å². The van der Waals surface area contributed by atoms with Crippen molar-refractivity contribution in [3.63, 3.8) is 0 Å². The van der Waals surface area contributed by atoms with Crippen molar-refractivity contribution >= 4 is 5.91 Å². The molecule has 0 aliphatic heterocycles. The fourth-order valence-electron chi connectivity index (χ4n) is 1.58. The molecule has 5 nitrogen and oxygen atoms in total. The summed E-state index contributed by atoms with van der Waals surface area (Å²) in [5.41, 5.74) is 2.33. The minimum Gasteiger partial charge on any atom is -0.345 e. The molecule has 0 fully saturated rings.